The van der Waals surface area contributed by atoms with Gasteiger partial charge in [-0.15, -0.1) is 0 Å². The number of rotatable bonds is 6. The van der Waals surface area contributed by atoms with Crippen molar-refractivity contribution in [3.05, 3.63) is 70.8 Å². The molecular formula is C17H21N5. The Bertz CT molecular complexity index is 572. The highest BCUT2D eigenvalue weighted by Gasteiger charge is 1.94. The van der Waals surface area contributed by atoms with Crippen LogP contribution in [0.4, 0.5) is 0 Å². The number of hydrazone groups is 2. The molecule has 114 valence electrons. The first kappa shape index (κ1) is 15.7. The Hall–Kier alpha value is -2.66. The van der Waals surface area contributed by atoms with Gasteiger partial charge in [0.1, 0.15) is 0 Å². The summed E-state index contributed by atoms with van der Waals surface area (Å²) in [5.41, 5.74) is 15.8. The highest BCUT2D eigenvalue weighted by Crippen LogP contribution is 2.00. The molecule has 0 amide bonds. The van der Waals surface area contributed by atoms with Crippen molar-refractivity contribution in [1.82, 2.24) is 10.9 Å². The number of nitrogens with one attached hydrogen (secondary N) is 2. The summed E-state index contributed by atoms with van der Waals surface area (Å²) in [6.07, 6.45) is 2.87. The van der Waals surface area contributed by atoms with Crippen LogP contribution in [0.25, 0.3) is 0 Å². The second-order valence-electron chi connectivity index (χ2n) is 5.07. The number of aryl methyl sites for hydroxylation is 2. The van der Waals surface area contributed by atoms with E-state index in [-0.39, 0.29) is 0 Å². The van der Waals surface area contributed by atoms with Gasteiger partial charge in [-0.3, -0.25) is 16.6 Å². The average Bonchev–Trinajstić information content (AvgIpc) is 2.51. The molecule has 0 aliphatic carbocycles. The molecular weight excluding hydrogens is 274 g/mol. The second kappa shape index (κ2) is 7.95. The SMILES string of the molecule is Cc1ccc(/C=N/NC(N)N/N=C/c2ccc(C)cc2)cc1. The molecule has 2 aromatic carbocycles. The smallest absolute Gasteiger partial charge is 0.180 e. The van der Waals surface area contributed by atoms with Gasteiger partial charge < -0.3 is 0 Å². The minimum absolute atomic E-state index is 0.552. The zero-order chi connectivity index (χ0) is 15.8. The van der Waals surface area contributed by atoms with Gasteiger partial charge in [-0.2, -0.15) is 10.2 Å². The fourth-order valence-electron chi connectivity index (χ4n) is 1.72. The molecule has 0 radical (unpaired) electrons. The summed E-state index contributed by atoms with van der Waals surface area (Å²) in [6, 6.07) is 16.1. The molecule has 4 N–H and O–H groups in total. The fraction of sp³-hybridized carbons (Fsp3) is 0.176. The predicted molar refractivity (Wildman–Crippen MR) is 91.8 cm³/mol. The third-order valence-corrected chi connectivity index (χ3v) is 3.01. The minimum atomic E-state index is -0.552. The fourth-order valence-corrected chi connectivity index (χ4v) is 1.72. The Balaban J connectivity index is 1.76. The van der Waals surface area contributed by atoms with Crippen molar-refractivity contribution in [1.29, 1.82) is 0 Å². The van der Waals surface area contributed by atoms with Crippen molar-refractivity contribution in [2.45, 2.75) is 20.1 Å². The molecule has 2 rings (SSSR count). The highest BCUT2D eigenvalue weighted by atomic mass is 15.5. The number of nitrogens with two attached hydrogens (primary N) is 1. The first-order valence-corrected chi connectivity index (χ1v) is 7.09. The first-order chi connectivity index (χ1) is 10.6. The van der Waals surface area contributed by atoms with E-state index in [1.54, 1.807) is 12.4 Å². The summed E-state index contributed by atoms with van der Waals surface area (Å²) in [5, 5.41) is 8.14. The third-order valence-electron chi connectivity index (χ3n) is 3.01. The molecule has 0 heterocycles. The summed E-state index contributed by atoms with van der Waals surface area (Å²) in [5.74, 6) is 0. The standard InChI is InChI=1S/C17H21N5/c1-13-3-7-15(8-4-13)11-19-21-17(18)22-20-12-16-9-5-14(2)6-10-16/h3-12,17,21-22H,18H2,1-2H3/b19-11+,20-12+. The summed E-state index contributed by atoms with van der Waals surface area (Å²) < 4.78 is 0. The van der Waals surface area contributed by atoms with Gasteiger partial charge in [-0.05, 0) is 25.0 Å². The van der Waals surface area contributed by atoms with Crippen LogP contribution in [0.3, 0.4) is 0 Å². The van der Waals surface area contributed by atoms with E-state index in [0.29, 0.717) is 0 Å². The number of hydrogen-bond acceptors (Lipinski definition) is 5. The zero-order valence-electron chi connectivity index (χ0n) is 12.8. The zero-order valence-corrected chi connectivity index (χ0v) is 12.8. The topological polar surface area (TPSA) is 74.8 Å². The van der Waals surface area contributed by atoms with E-state index in [4.69, 9.17) is 5.73 Å². The van der Waals surface area contributed by atoms with Gasteiger partial charge in [-0.25, -0.2) is 0 Å². The van der Waals surface area contributed by atoms with Crippen molar-refractivity contribution in [2.24, 2.45) is 15.9 Å². The van der Waals surface area contributed by atoms with Gasteiger partial charge in [0.05, 0.1) is 12.4 Å². The third kappa shape index (κ3) is 5.38. The summed E-state index contributed by atoms with van der Waals surface area (Å²) in [7, 11) is 0. The van der Waals surface area contributed by atoms with Crippen molar-refractivity contribution in [3.8, 4) is 0 Å². The average molecular weight is 295 g/mol. The molecule has 0 aliphatic heterocycles. The Morgan fingerprint density at radius 3 is 1.50 bits per heavy atom. The van der Waals surface area contributed by atoms with Gasteiger partial charge in [0.2, 0.25) is 0 Å². The van der Waals surface area contributed by atoms with Crippen LogP contribution >= 0.6 is 0 Å². The molecule has 0 bridgehead atoms. The second-order valence-corrected chi connectivity index (χ2v) is 5.07. The van der Waals surface area contributed by atoms with Gasteiger partial charge in [-0.1, -0.05) is 59.7 Å². The maximum absolute atomic E-state index is 5.80. The van der Waals surface area contributed by atoms with Gasteiger partial charge >= 0.3 is 0 Å². The lowest BCUT2D eigenvalue weighted by molar-refractivity contribution is 0.464. The maximum Gasteiger partial charge on any atom is 0.180 e. The first-order valence-electron chi connectivity index (χ1n) is 7.09. The Morgan fingerprint density at radius 2 is 1.14 bits per heavy atom. The molecule has 0 unspecified atom stereocenters. The van der Waals surface area contributed by atoms with E-state index in [1.807, 2.05) is 62.4 Å². The number of benzene rings is 2. The van der Waals surface area contributed by atoms with Crippen LogP contribution in [0.5, 0.6) is 0 Å². The van der Waals surface area contributed by atoms with Crippen molar-refractivity contribution in [3.63, 3.8) is 0 Å². The van der Waals surface area contributed by atoms with E-state index in [2.05, 4.69) is 21.1 Å². The van der Waals surface area contributed by atoms with Crippen molar-refractivity contribution in [2.75, 3.05) is 0 Å². The van der Waals surface area contributed by atoms with E-state index >= 15 is 0 Å². The largest absolute Gasteiger partial charge is 0.292 e. The van der Waals surface area contributed by atoms with Crippen LogP contribution in [0, 0.1) is 13.8 Å². The van der Waals surface area contributed by atoms with Crippen LogP contribution in [-0.2, 0) is 0 Å². The molecule has 0 spiro atoms. The molecule has 0 atom stereocenters. The number of hydrogen-bond donors (Lipinski definition) is 3. The minimum Gasteiger partial charge on any atom is -0.292 e. The molecule has 0 saturated carbocycles. The number of nitrogens with zero attached hydrogens (tertiary/aromatic N) is 2. The Morgan fingerprint density at radius 1 is 0.773 bits per heavy atom. The van der Waals surface area contributed by atoms with Crippen molar-refractivity contribution < 1.29 is 0 Å². The van der Waals surface area contributed by atoms with E-state index in [0.717, 1.165) is 11.1 Å². The molecule has 0 fully saturated rings. The van der Waals surface area contributed by atoms with Gasteiger partial charge in [0, 0.05) is 0 Å². The van der Waals surface area contributed by atoms with E-state index in [9.17, 15) is 0 Å². The quantitative estimate of drug-likeness (QED) is 0.434. The van der Waals surface area contributed by atoms with E-state index in [1.165, 1.54) is 11.1 Å². The molecule has 5 nitrogen and oxygen atoms in total. The molecule has 5 heteroatoms. The van der Waals surface area contributed by atoms with Crippen LogP contribution in [0.15, 0.2) is 58.7 Å². The van der Waals surface area contributed by atoms with Gasteiger partial charge in [0.25, 0.3) is 0 Å². The molecule has 0 aliphatic rings. The lowest BCUT2D eigenvalue weighted by atomic mass is 10.2. The normalized spacial score (nSPS) is 11.5. The van der Waals surface area contributed by atoms with Crippen LogP contribution in [0.1, 0.15) is 22.3 Å². The summed E-state index contributed by atoms with van der Waals surface area (Å²) in [4.78, 5) is 0. The van der Waals surface area contributed by atoms with E-state index < -0.39 is 6.29 Å². The summed E-state index contributed by atoms with van der Waals surface area (Å²) in [6.45, 7) is 4.09. The predicted octanol–water partition coefficient (Wildman–Crippen LogP) is 2.09. The Kier molecular flexibility index (Phi) is 5.68. The van der Waals surface area contributed by atoms with Crippen LogP contribution < -0.4 is 16.6 Å². The molecule has 2 aromatic rings. The Labute approximate surface area is 130 Å². The highest BCUT2D eigenvalue weighted by molar-refractivity contribution is 5.79. The molecule has 0 saturated heterocycles. The molecule has 0 aromatic heterocycles. The maximum atomic E-state index is 5.80. The lowest BCUT2D eigenvalue weighted by Gasteiger charge is -2.09. The molecule has 22 heavy (non-hydrogen) atoms. The van der Waals surface area contributed by atoms with Crippen LogP contribution in [0.2, 0.25) is 0 Å². The van der Waals surface area contributed by atoms with Crippen LogP contribution in [-0.4, -0.2) is 18.7 Å². The van der Waals surface area contributed by atoms with Gasteiger partial charge in [0.15, 0.2) is 6.29 Å². The summed E-state index contributed by atoms with van der Waals surface area (Å²) >= 11 is 0. The lowest BCUT2D eigenvalue weighted by Crippen LogP contribution is -2.44. The van der Waals surface area contributed by atoms with Crippen molar-refractivity contribution >= 4 is 12.4 Å². The monoisotopic (exact) mass is 295 g/mol.